The SMILES string of the molecule is O=Cc1nn(-c2ccc(F)cc2F)c2c1C[C@H]1C[C@@H]21. The van der Waals surface area contributed by atoms with Gasteiger partial charge in [0.2, 0.25) is 0 Å². The fraction of sp³-hybridized carbons (Fsp3) is 0.286. The highest BCUT2D eigenvalue weighted by Crippen LogP contribution is 2.57. The molecule has 0 radical (unpaired) electrons. The standard InChI is InChI=1S/C14H10F2N2O/c15-8-1-2-13(11(16)5-8)18-14-9-3-7(9)4-10(14)12(6-19)17-18/h1-2,5-7,9H,3-4H2/t7-,9-/m1/s1. The topological polar surface area (TPSA) is 34.9 Å². The molecule has 1 fully saturated rings. The number of carbonyl (C=O) groups excluding carboxylic acids is 1. The van der Waals surface area contributed by atoms with Crippen molar-refractivity contribution >= 4 is 6.29 Å². The van der Waals surface area contributed by atoms with E-state index >= 15 is 0 Å². The molecule has 2 aliphatic rings. The predicted molar refractivity (Wildman–Crippen MR) is 63.4 cm³/mol. The molecule has 3 nitrogen and oxygen atoms in total. The first kappa shape index (κ1) is 10.8. The third-order valence-electron chi connectivity index (χ3n) is 4.04. The number of aromatic nitrogens is 2. The largest absolute Gasteiger partial charge is 0.296 e. The van der Waals surface area contributed by atoms with Crippen LogP contribution < -0.4 is 0 Å². The zero-order valence-corrected chi connectivity index (χ0v) is 9.94. The summed E-state index contributed by atoms with van der Waals surface area (Å²) in [4.78, 5) is 11.0. The Morgan fingerprint density at radius 1 is 1.37 bits per heavy atom. The molecule has 1 aromatic carbocycles. The van der Waals surface area contributed by atoms with Crippen molar-refractivity contribution in [2.24, 2.45) is 5.92 Å². The van der Waals surface area contributed by atoms with Crippen LogP contribution in [0.25, 0.3) is 5.69 Å². The molecule has 0 spiro atoms. The van der Waals surface area contributed by atoms with Crippen LogP contribution >= 0.6 is 0 Å². The Bertz CT molecular complexity index is 708. The van der Waals surface area contributed by atoms with E-state index in [2.05, 4.69) is 5.10 Å². The van der Waals surface area contributed by atoms with Crippen LogP contribution in [-0.4, -0.2) is 16.1 Å². The van der Waals surface area contributed by atoms with E-state index in [4.69, 9.17) is 0 Å². The maximum Gasteiger partial charge on any atom is 0.170 e. The molecule has 2 atom stereocenters. The fourth-order valence-corrected chi connectivity index (χ4v) is 3.07. The third kappa shape index (κ3) is 1.41. The van der Waals surface area contributed by atoms with Gasteiger partial charge >= 0.3 is 0 Å². The zero-order valence-electron chi connectivity index (χ0n) is 9.94. The Balaban J connectivity index is 1.94. The highest BCUT2D eigenvalue weighted by atomic mass is 19.1. The normalized spacial score (nSPS) is 23.1. The molecule has 0 unspecified atom stereocenters. The molecule has 0 aliphatic heterocycles. The van der Waals surface area contributed by atoms with Crippen LogP contribution in [0.15, 0.2) is 18.2 Å². The number of benzene rings is 1. The van der Waals surface area contributed by atoms with Gasteiger partial charge in [-0.3, -0.25) is 4.79 Å². The van der Waals surface area contributed by atoms with Crippen molar-refractivity contribution in [3.05, 3.63) is 46.8 Å². The molecule has 0 amide bonds. The number of nitrogens with zero attached hydrogens (tertiary/aromatic N) is 2. The first-order valence-electron chi connectivity index (χ1n) is 6.21. The van der Waals surface area contributed by atoms with Crippen LogP contribution in [0.5, 0.6) is 0 Å². The van der Waals surface area contributed by atoms with E-state index in [1.807, 2.05) is 0 Å². The summed E-state index contributed by atoms with van der Waals surface area (Å²) in [6, 6.07) is 3.40. The zero-order chi connectivity index (χ0) is 13.1. The number of halogens is 2. The predicted octanol–water partition coefficient (Wildman–Crippen LogP) is 2.62. The number of carbonyl (C=O) groups is 1. The molecular weight excluding hydrogens is 250 g/mol. The average Bonchev–Trinajstić information content (AvgIpc) is 2.90. The van der Waals surface area contributed by atoms with E-state index in [0.29, 0.717) is 23.8 Å². The van der Waals surface area contributed by atoms with Crippen LogP contribution in [0.3, 0.4) is 0 Å². The van der Waals surface area contributed by atoms with E-state index in [1.54, 1.807) is 0 Å². The van der Waals surface area contributed by atoms with Gasteiger partial charge in [-0.2, -0.15) is 5.10 Å². The lowest BCUT2D eigenvalue weighted by molar-refractivity contribution is 0.111. The average molecular weight is 260 g/mol. The molecule has 1 saturated carbocycles. The molecule has 4 rings (SSSR count). The summed E-state index contributed by atoms with van der Waals surface area (Å²) in [6.45, 7) is 0. The minimum atomic E-state index is -0.660. The lowest BCUT2D eigenvalue weighted by Crippen LogP contribution is -2.04. The highest BCUT2D eigenvalue weighted by Gasteiger charge is 2.49. The molecule has 19 heavy (non-hydrogen) atoms. The van der Waals surface area contributed by atoms with Crippen molar-refractivity contribution in [2.75, 3.05) is 0 Å². The van der Waals surface area contributed by atoms with Crippen LogP contribution in [0.2, 0.25) is 0 Å². The molecule has 5 heteroatoms. The van der Waals surface area contributed by atoms with Gasteiger partial charge in [-0.05, 0) is 30.9 Å². The van der Waals surface area contributed by atoms with Crippen LogP contribution in [0.1, 0.15) is 34.1 Å². The molecule has 2 aliphatic carbocycles. The Morgan fingerprint density at radius 3 is 2.95 bits per heavy atom. The van der Waals surface area contributed by atoms with Crippen LogP contribution in [0, 0.1) is 17.6 Å². The molecule has 0 saturated heterocycles. The number of hydrogen-bond donors (Lipinski definition) is 0. The van der Waals surface area contributed by atoms with Crippen molar-refractivity contribution in [3.63, 3.8) is 0 Å². The fourth-order valence-electron chi connectivity index (χ4n) is 3.07. The summed E-state index contributed by atoms with van der Waals surface area (Å²) in [5.41, 5.74) is 2.45. The maximum atomic E-state index is 13.9. The quantitative estimate of drug-likeness (QED) is 0.778. The van der Waals surface area contributed by atoms with E-state index in [1.165, 1.54) is 16.8 Å². The summed E-state index contributed by atoms with van der Waals surface area (Å²) in [5, 5.41) is 4.17. The molecule has 2 aromatic rings. The van der Waals surface area contributed by atoms with Crippen LogP contribution in [0.4, 0.5) is 8.78 Å². The summed E-state index contributed by atoms with van der Waals surface area (Å²) in [6.07, 6.45) is 2.62. The Hall–Kier alpha value is -2.04. The lowest BCUT2D eigenvalue weighted by atomic mass is 10.1. The van der Waals surface area contributed by atoms with Crippen molar-refractivity contribution < 1.29 is 13.6 Å². The third-order valence-corrected chi connectivity index (χ3v) is 4.04. The Kier molecular flexibility index (Phi) is 2.00. The minimum absolute atomic E-state index is 0.207. The number of hydrogen-bond acceptors (Lipinski definition) is 2. The van der Waals surface area contributed by atoms with Crippen molar-refractivity contribution in [3.8, 4) is 5.69 Å². The van der Waals surface area contributed by atoms with Crippen molar-refractivity contribution in [2.45, 2.75) is 18.8 Å². The van der Waals surface area contributed by atoms with E-state index in [-0.39, 0.29) is 5.69 Å². The summed E-state index contributed by atoms with van der Waals surface area (Å²) in [7, 11) is 0. The number of rotatable bonds is 2. The number of fused-ring (bicyclic) bond motifs is 3. The van der Waals surface area contributed by atoms with Gasteiger partial charge in [0.05, 0.1) is 5.69 Å². The van der Waals surface area contributed by atoms with Gasteiger partial charge in [0.1, 0.15) is 17.2 Å². The monoisotopic (exact) mass is 260 g/mol. The van der Waals surface area contributed by atoms with Gasteiger partial charge in [0.15, 0.2) is 12.1 Å². The van der Waals surface area contributed by atoms with Gasteiger partial charge in [0, 0.05) is 17.5 Å². The first-order chi connectivity index (χ1) is 9.19. The van der Waals surface area contributed by atoms with Crippen molar-refractivity contribution in [1.82, 2.24) is 9.78 Å². The van der Waals surface area contributed by atoms with Gasteiger partial charge in [-0.1, -0.05) is 0 Å². The van der Waals surface area contributed by atoms with E-state index in [0.717, 1.165) is 30.2 Å². The van der Waals surface area contributed by atoms with Gasteiger partial charge in [0.25, 0.3) is 0 Å². The summed E-state index contributed by atoms with van der Waals surface area (Å²) < 4.78 is 28.3. The lowest BCUT2D eigenvalue weighted by Gasteiger charge is -2.07. The van der Waals surface area contributed by atoms with Crippen molar-refractivity contribution in [1.29, 1.82) is 0 Å². The summed E-state index contributed by atoms with van der Waals surface area (Å²) in [5.74, 6) is -0.334. The molecule has 0 N–H and O–H groups in total. The molecule has 1 heterocycles. The molecule has 1 aromatic heterocycles. The highest BCUT2D eigenvalue weighted by molar-refractivity contribution is 5.76. The molecular formula is C14H10F2N2O. The second kappa shape index (κ2) is 3.50. The Morgan fingerprint density at radius 2 is 2.21 bits per heavy atom. The second-order valence-electron chi connectivity index (χ2n) is 5.18. The molecule has 0 bridgehead atoms. The smallest absolute Gasteiger partial charge is 0.170 e. The van der Waals surface area contributed by atoms with Gasteiger partial charge < -0.3 is 0 Å². The van der Waals surface area contributed by atoms with Gasteiger partial charge in [-0.25, -0.2) is 13.5 Å². The first-order valence-corrected chi connectivity index (χ1v) is 6.21. The minimum Gasteiger partial charge on any atom is -0.296 e. The van der Waals surface area contributed by atoms with Gasteiger partial charge in [-0.15, -0.1) is 0 Å². The van der Waals surface area contributed by atoms with Crippen LogP contribution in [-0.2, 0) is 6.42 Å². The summed E-state index contributed by atoms with van der Waals surface area (Å²) >= 11 is 0. The van der Waals surface area contributed by atoms with E-state index in [9.17, 15) is 13.6 Å². The number of aldehydes is 1. The molecule has 96 valence electrons. The van der Waals surface area contributed by atoms with E-state index < -0.39 is 11.6 Å². The second-order valence-corrected chi connectivity index (χ2v) is 5.18. The maximum absolute atomic E-state index is 13.9. The Labute approximate surface area is 107 Å².